The molecule has 0 aliphatic heterocycles. The van der Waals surface area contributed by atoms with Gasteiger partial charge in [0.1, 0.15) is 11.6 Å². The van der Waals surface area contributed by atoms with Crippen molar-refractivity contribution >= 4 is 23.0 Å². The van der Waals surface area contributed by atoms with Crippen LogP contribution in [0.15, 0.2) is 42.9 Å². The van der Waals surface area contributed by atoms with Crippen LogP contribution >= 0.6 is 0 Å². The van der Waals surface area contributed by atoms with E-state index in [1.54, 1.807) is 41.2 Å². The number of fused-ring (bicyclic) bond motifs is 1. The number of nitrogens with one attached hydrogen (secondary N) is 1. The molecule has 108 valence electrons. The van der Waals surface area contributed by atoms with E-state index in [-0.39, 0.29) is 11.6 Å². The Morgan fingerprint density at radius 2 is 2.10 bits per heavy atom. The fourth-order valence-electron chi connectivity index (χ4n) is 1.93. The summed E-state index contributed by atoms with van der Waals surface area (Å²) in [7, 11) is 0. The molecule has 0 aliphatic carbocycles. The maximum Gasteiger partial charge on any atom is 0.387 e. The van der Waals surface area contributed by atoms with E-state index < -0.39 is 6.61 Å². The van der Waals surface area contributed by atoms with Gasteiger partial charge in [-0.15, -0.1) is 0 Å². The Labute approximate surface area is 118 Å². The predicted molar refractivity (Wildman–Crippen MR) is 73.8 cm³/mol. The Hall–Kier alpha value is -2.90. The Kier molecular flexibility index (Phi) is 3.27. The average molecular weight is 291 g/mol. The van der Waals surface area contributed by atoms with Crippen molar-refractivity contribution in [2.75, 3.05) is 11.1 Å². The molecule has 0 saturated heterocycles. The summed E-state index contributed by atoms with van der Waals surface area (Å²) in [5.41, 5.74) is 6.58. The average Bonchev–Trinajstić information content (AvgIpc) is 2.88. The van der Waals surface area contributed by atoms with E-state index in [1.807, 2.05) is 0 Å². The summed E-state index contributed by atoms with van der Waals surface area (Å²) in [5, 5.41) is 2.92. The number of para-hydroxylation sites is 2. The monoisotopic (exact) mass is 291 g/mol. The maximum absolute atomic E-state index is 12.4. The molecule has 21 heavy (non-hydrogen) atoms. The molecule has 0 saturated carbocycles. The second kappa shape index (κ2) is 5.23. The maximum atomic E-state index is 12.4. The van der Waals surface area contributed by atoms with Gasteiger partial charge in [-0.25, -0.2) is 9.97 Å². The molecule has 0 spiro atoms. The van der Waals surface area contributed by atoms with E-state index in [0.29, 0.717) is 17.2 Å². The molecule has 1 aromatic carbocycles. The Balaban J connectivity index is 2.01. The molecule has 2 heterocycles. The van der Waals surface area contributed by atoms with E-state index in [0.717, 1.165) is 0 Å². The number of hydrogen-bond donors (Lipinski definition) is 2. The van der Waals surface area contributed by atoms with Crippen molar-refractivity contribution in [2.45, 2.75) is 6.61 Å². The van der Waals surface area contributed by atoms with Crippen molar-refractivity contribution < 1.29 is 13.5 Å². The van der Waals surface area contributed by atoms with Crippen LogP contribution in [0.4, 0.5) is 26.1 Å². The van der Waals surface area contributed by atoms with Crippen molar-refractivity contribution in [1.29, 1.82) is 0 Å². The molecule has 0 fully saturated rings. The standard InChI is InChI=1S/C13H11F2N5O/c14-13(15)21-9-4-2-1-3-8(9)18-11-12-17-5-6-20(12)7-10(16)19-11/h1-7,13H,16H2,(H,18,19). The zero-order valence-corrected chi connectivity index (χ0v) is 10.7. The SMILES string of the molecule is Nc1cn2ccnc2c(Nc2ccccc2OC(F)F)n1. The van der Waals surface area contributed by atoms with Gasteiger partial charge < -0.3 is 20.2 Å². The molecule has 2 aromatic heterocycles. The minimum atomic E-state index is -2.91. The van der Waals surface area contributed by atoms with Gasteiger partial charge in [0.25, 0.3) is 0 Å². The molecule has 3 rings (SSSR count). The number of anilines is 3. The zero-order chi connectivity index (χ0) is 14.8. The fraction of sp³-hybridized carbons (Fsp3) is 0.0769. The second-order valence-electron chi connectivity index (χ2n) is 4.17. The highest BCUT2D eigenvalue weighted by Crippen LogP contribution is 2.29. The Bertz CT molecular complexity index is 774. The first-order valence-corrected chi connectivity index (χ1v) is 6.03. The molecule has 8 heteroatoms. The molecule has 0 bridgehead atoms. The van der Waals surface area contributed by atoms with Gasteiger partial charge in [0, 0.05) is 12.4 Å². The lowest BCUT2D eigenvalue weighted by Gasteiger charge is -2.12. The van der Waals surface area contributed by atoms with Gasteiger partial charge in [0.05, 0.1) is 11.9 Å². The smallest absolute Gasteiger partial charge is 0.387 e. The van der Waals surface area contributed by atoms with Crippen LogP contribution in [-0.4, -0.2) is 21.0 Å². The van der Waals surface area contributed by atoms with Gasteiger partial charge >= 0.3 is 6.61 Å². The summed E-state index contributed by atoms with van der Waals surface area (Å²) >= 11 is 0. The van der Waals surface area contributed by atoms with E-state index in [9.17, 15) is 8.78 Å². The number of aromatic nitrogens is 3. The number of rotatable bonds is 4. The fourth-order valence-corrected chi connectivity index (χ4v) is 1.93. The third-order valence-corrected chi connectivity index (χ3v) is 2.75. The minimum absolute atomic E-state index is 0.0152. The summed E-state index contributed by atoms with van der Waals surface area (Å²) in [5.74, 6) is 0.641. The lowest BCUT2D eigenvalue weighted by atomic mass is 10.3. The van der Waals surface area contributed by atoms with Crippen LogP contribution in [0.25, 0.3) is 5.65 Å². The number of nitrogen functional groups attached to an aromatic ring is 1. The first-order valence-electron chi connectivity index (χ1n) is 6.03. The van der Waals surface area contributed by atoms with E-state index >= 15 is 0 Å². The molecule has 0 amide bonds. The third-order valence-electron chi connectivity index (χ3n) is 2.75. The number of imidazole rings is 1. The van der Waals surface area contributed by atoms with E-state index in [1.165, 1.54) is 6.07 Å². The quantitative estimate of drug-likeness (QED) is 0.772. The molecular weight excluding hydrogens is 280 g/mol. The Morgan fingerprint density at radius 3 is 2.90 bits per heavy atom. The summed E-state index contributed by atoms with van der Waals surface area (Å²) in [6.07, 6.45) is 4.90. The van der Waals surface area contributed by atoms with E-state index in [4.69, 9.17) is 5.73 Å². The van der Waals surface area contributed by atoms with Crippen LogP contribution < -0.4 is 15.8 Å². The number of halogens is 2. The van der Waals surface area contributed by atoms with Gasteiger partial charge in [0.2, 0.25) is 0 Å². The minimum Gasteiger partial charge on any atom is -0.433 e. The number of benzene rings is 1. The van der Waals surface area contributed by atoms with E-state index in [2.05, 4.69) is 20.0 Å². The molecule has 0 unspecified atom stereocenters. The highest BCUT2D eigenvalue weighted by atomic mass is 19.3. The molecule has 0 atom stereocenters. The van der Waals surface area contributed by atoms with Crippen molar-refractivity contribution in [3.8, 4) is 5.75 Å². The largest absolute Gasteiger partial charge is 0.433 e. The van der Waals surface area contributed by atoms with Crippen molar-refractivity contribution in [2.24, 2.45) is 0 Å². The molecule has 3 N–H and O–H groups in total. The van der Waals surface area contributed by atoms with Gasteiger partial charge in [-0.3, -0.25) is 0 Å². The first-order chi connectivity index (χ1) is 10.1. The van der Waals surface area contributed by atoms with Gasteiger partial charge in [-0.1, -0.05) is 12.1 Å². The Morgan fingerprint density at radius 1 is 1.29 bits per heavy atom. The van der Waals surface area contributed by atoms with Gasteiger partial charge in [0.15, 0.2) is 11.5 Å². The van der Waals surface area contributed by atoms with Gasteiger partial charge in [-0.2, -0.15) is 8.78 Å². The molecule has 0 radical (unpaired) electrons. The number of nitrogens with two attached hydrogens (primary N) is 1. The van der Waals surface area contributed by atoms with Crippen LogP contribution in [0.3, 0.4) is 0 Å². The van der Waals surface area contributed by atoms with Crippen LogP contribution in [0.1, 0.15) is 0 Å². The predicted octanol–water partition coefficient (Wildman–Crippen LogP) is 2.66. The second-order valence-corrected chi connectivity index (χ2v) is 4.17. The molecular formula is C13H11F2N5O. The number of hydrogen-bond acceptors (Lipinski definition) is 5. The summed E-state index contributed by atoms with van der Waals surface area (Å²) in [6.45, 7) is -2.91. The van der Waals surface area contributed by atoms with Crippen LogP contribution in [0.2, 0.25) is 0 Å². The van der Waals surface area contributed by atoms with Crippen molar-refractivity contribution in [3.63, 3.8) is 0 Å². The lowest BCUT2D eigenvalue weighted by Crippen LogP contribution is -2.06. The molecule has 3 aromatic rings. The summed E-state index contributed by atoms with van der Waals surface area (Å²) in [4.78, 5) is 8.27. The highest BCUT2D eigenvalue weighted by Gasteiger charge is 2.12. The molecule has 0 aliphatic rings. The number of ether oxygens (including phenoxy) is 1. The number of alkyl halides is 2. The highest BCUT2D eigenvalue weighted by molar-refractivity contribution is 5.74. The topological polar surface area (TPSA) is 77.5 Å². The lowest BCUT2D eigenvalue weighted by molar-refractivity contribution is -0.0493. The van der Waals surface area contributed by atoms with Crippen LogP contribution in [0.5, 0.6) is 5.75 Å². The van der Waals surface area contributed by atoms with Crippen molar-refractivity contribution in [1.82, 2.24) is 14.4 Å². The summed E-state index contributed by atoms with van der Waals surface area (Å²) < 4.78 is 31.0. The van der Waals surface area contributed by atoms with Crippen molar-refractivity contribution in [3.05, 3.63) is 42.9 Å². The number of nitrogens with zero attached hydrogens (tertiary/aromatic N) is 3. The molecule has 6 nitrogen and oxygen atoms in total. The van der Waals surface area contributed by atoms with Crippen LogP contribution in [-0.2, 0) is 0 Å². The first kappa shape index (κ1) is 13.1. The van der Waals surface area contributed by atoms with Crippen LogP contribution in [0, 0.1) is 0 Å². The normalized spacial score (nSPS) is 11.0. The summed E-state index contributed by atoms with van der Waals surface area (Å²) in [6, 6.07) is 6.32. The third kappa shape index (κ3) is 2.69. The van der Waals surface area contributed by atoms with Gasteiger partial charge in [-0.05, 0) is 12.1 Å². The zero-order valence-electron chi connectivity index (χ0n) is 10.7.